The molecule has 0 aliphatic heterocycles. The first-order valence-electron chi connectivity index (χ1n) is 8.31. The van der Waals surface area contributed by atoms with Crippen molar-refractivity contribution in [3.8, 4) is 0 Å². The second kappa shape index (κ2) is 7.15. The second-order valence-electron chi connectivity index (χ2n) is 6.18. The van der Waals surface area contributed by atoms with E-state index >= 15 is 0 Å². The Morgan fingerprint density at radius 3 is 2.96 bits per heavy atom. The quantitative estimate of drug-likeness (QED) is 0.784. The molecule has 1 fully saturated rings. The van der Waals surface area contributed by atoms with Gasteiger partial charge in [0.25, 0.3) is 5.91 Å². The van der Waals surface area contributed by atoms with Crippen LogP contribution in [0.15, 0.2) is 30.3 Å². The van der Waals surface area contributed by atoms with Crippen molar-refractivity contribution in [1.82, 2.24) is 9.88 Å². The standard InChI is InChI=1S/C18H24N2O3/c1-2-20-16-6-4-3-5-14(16)9-17(20)18(22)19-10-15(21)12-23-11-13-7-8-13/h3-6,9,13,15,21H,2,7-8,10-12H2,1H3,(H,19,22). The van der Waals surface area contributed by atoms with Crippen molar-refractivity contribution >= 4 is 16.8 Å². The number of carbonyl (C=O) groups excluding carboxylic acids is 1. The molecule has 0 spiro atoms. The van der Waals surface area contributed by atoms with Gasteiger partial charge in [-0.05, 0) is 37.8 Å². The fourth-order valence-corrected chi connectivity index (χ4v) is 2.75. The minimum Gasteiger partial charge on any atom is -0.389 e. The van der Waals surface area contributed by atoms with Gasteiger partial charge in [-0.1, -0.05) is 18.2 Å². The first-order valence-corrected chi connectivity index (χ1v) is 8.31. The van der Waals surface area contributed by atoms with E-state index in [0.717, 1.165) is 24.1 Å². The van der Waals surface area contributed by atoms with Gasteiger partial charge in [-0.3, -0.25) is 4.79 Å². The largest absolute Gasteiger partial charge is 0.389 e. The number of para-hydroxylation sites is 1. The number of fused-ring (bicyclic) bond motifs is 1. The number of rotatable bonds is 8. The zero-order chi connectivity index (χ0) is 16.2. The number of amides is 1. The summed E-state index contributed by atoms with van der Waals surface area (Å²) < 4.78 is 7.43. The first-order chi connectivity index (χ1) is 11.2. The molecule has 0 bridgehead atoms. The lowest BCUT2D eigenvalue weighted by Crippen LogP contribution is -2.35. The molecule has 1 atom stereocenters. The minimum atomic E-state index is -0.669. The van der Waals surface area contributed by atoms with Gasteiger partial charge in [-0.2, -0.15) is 0 Å². The van der Waals surface area contributed by atoms with Crippen molar-refractivity contribution in [3.63, 3.8) is 0 Å². The van der Waals surface area contributed by atoms with Crippen molar-refractivity contribution in [1.29, 1.82) is 0 Å². The topological polar surface area (TPSA) is 63.5 Å². The SMILES string of the molecule is CCn1c(C(=O)NCC(O)COCC2CC2)cc2ccccc21. The number of hydrogen-bond acceptors (Lipinski definition) is 3. The average molecular weight is 316 g/mol. The maximum absolute atomic E-state index is 12.4. The third-order valence-corrected chi connectivity index (χ3v) is 4.22. The minimum absolute atomic E-state index is 0.163. The molecule has 2 N–H and O–H groups in total. The van der Waals surface area contributed by atoms with Gasteiger partial charge in [0.1, 0.15) is 5.69 Å². The molecular formula is C18H24N2O3. The highest BCUT2D eigenvalue weighted by Gasteiger charge is 2.22. The lowest BCUT2D eigenvalue weighted by Gasteiger charge is -2.13. The van der Waals surface area contributed by atoms with Crippen LogP contribution in [0, 0.1) is 5.92 Å². The molecule has 1 aromatic heterocycles. The Labute approximate surface area is 136 Å². The highest BCUT2D eigenvalue weighted by Crippen LogP contribution is 2.28. The molecule has 0 radical (unpaired) electrons. The average Bonchev–Trinajstić information content (AvgIpc) is 3.30. The maximum Gasteiger partial charge on any atom is 0.268 e. The molecule has 1 aromatic carbocycles. The molecule has 1 amide bonds. The number of carbonyl (C=O) groups is 1. The first kappa shape index (κ1) is 16.0. The summed E-state index contributed by atoms with van der Waals surface area (Å²) in [5, 5.41) is 13.7. The molecule has 3 rings (SSSR count). The van der Waals surface area contributed by atoms with Gasteiger partial charge in [0.15, 0.2) is 0 Å². The molecule has 1 heterocycles. The Hall–Kier alpha value is -1.85. The van der Waals surface area contributed by atoms with Gasteiger partial charge in [0.2, 0.25) is 0 Å². The molecule has 1 aliphatic rings. The Morgan fingerprint density at radius 2 is 2.22 bits per heavy atom. The summed E-state index contributed by atoms with van der Waals surface area (Å²) in [5.41, 5.74) is 1.67. The normalized spacial score (nSPS) is 15.7. The number of hydrogen-bond donors (Lipinski definition) is 2. The Morgan fingerprint density at radius 1 is 1.43 bits per heavy atom. The van der Waals surface area contributed by atoms with Crippen LogP contribution in [0.4, 0.5) is 0 Å². The highest BCUT2D eigenvalue weighted by atomic mass is 16.5. The van der Waals surface area contributed by atoms with Gasteiger partial charge in [0.05, 0.1) is 12.7 Å². The van der Waals surface area contributed by atoms with Crippen LogP contribution >= 0.6 is 0 Å². The number of benzene rings is 1. The lowest BCUT2D eigenvalue weighted by atomic mass is 10.2. The highest BCUT2D eigenvalue weighted by molar-refractivity contribution is 5.98. The molecule has 5 heteroatoms. The second-order valence-corrected chi connectivity index (χ2v) is 6.18. The zero-order valence-corrected chi connectivity index (χ0v) is 13.5. The van der Waals surface area contributed by atoms with Crippen LogP contribution in [-0.4, -0.2) is 41.4 Å². The van der Waals surface area contributed by atoms with E-state index in [9.17, 15) is 9.90 Å². The van der Waals surface area contributed by atoms with Crippen LogP contribution in [0.25, 0.3) is 10.9 Å². The molecular weight excluding hydrogens is 292 g/mol. The third kappa shape index (κ3) is 3.92. The van der Waals surface area contributed by atoms with Gasteiger partial charge in [-0.15, -0.1) is 0 Å². The third-order valence-electron chi connectivity index (χ3n) is 4.22. The summed E-state index contributed by atoms with van der Waals surface area (Å²) in [6.45, 7) is 3.93. The van der Waals surface area contributed by atoms with Crippen molar-refractivity contribution < 1.29 is 14.6 Å². The predicted molar refractivity (Wildman–Crippen MR) is 89.5 cm³/mol. The van der Waals surface area contributed by atoms with E-state index < -0.39 is 6.10 Å². The summed E-state index contributed by atoms with van der Waals surface area (Å²) in [6.07, 6.45) is 1.79. The summed E-state index contributed by atoms with van der Waals surface area (Å²) in [6, 6.07) is 9.83. The van der Waals surface area contributed by atoms with Crippen molar-refractivity contribution in [2.45, 2.75) is 32.4 Å². The fourth-order valence-electron chi connectivity index (χ4n) is 2.75. The van der Waals surface area contributed by atoms with Crippen LogP contribution in [-0.2, 0) is 11.3 Å². The van der Waals surface area contributed by atoms with Gasteiger partial charge in [0, 0.05) is 30.6 Å². The Bertz CT molecular complexity index is 676. The Balaban J connectivity index is 1.57. The maximum atomic E-state index is 12.4. The van der Waals surface area contributed by atoms with E-state index in [0.29, 0.717) is 11.6 Å². The van der Waals surface area contributed by atoms with E-state index in [1.54, 1.807) is 0 Å². The number of nitrogens with one attached hydrogen (secondary N) is 1. The van der Waals surface area contributed by atoms with Gasteiger partial charge in [-0.25, -0.2) is 0 Å². The number of aliphatic hydroxyl groups excluding tert-OH is 1. The van der Waals surface area contributed by atoms with Crippen LogP contribution in [0.5, 0.6) is 0 Å². The molecule has 1 unspecified atom stereocenters. The smallest absolute Gasteiger partial charge is 0.268 e. The summed E-state index contributed by atoms with van der Waals surface area (Å²) in [7, 11) is 0. The fraction of sp³-hybridized carbons (Fsp3) is 0.500. The van der Waals surface area contributed by atoms with Crippen molar-refractivity contribution in [2.75, 3.05) is 19.8 Å². The van der Waals surface area contributed by atoms with Gasteiger partial charge < -0.3 is 19.7 Å². The molecule has 5 nitrogen and oxygen atoms in total. The number of nitrogens with zero attached hydrogens (tertiary/aromatic N) is 1. The number of aliphatic hydroxyl groups is 1. The van der Waals surface area contributed by atoms with Gasteiger partial charge >= 0.3 is 0 Å². The van der Waals surface area contributed by atoms with E-state index in [1.807, 2.05) is 41.8 Å². The summed E-state index contributed by atoms with van der Waals surface area (Å²) >= 11 is 0. The molecule has 124 valence electrons. The molecule has 1 saturated carbocycles. The molecule has 0 saturated heterocycles. The lowest BCUT2D eigenvalue weighted by molar-refractivity contribution is 0.0320. The summed E-state index contributed by atoms with van der Waals surface area (Å²) in [5.74, 6) is 0.515. The van der Waals surface area contributed by atoms with Crippen LogP contribution in [0.3, 0.4) is 0 Å². The number of ether oxygens (including phenoxy) is 1. The van der Waals surface area contributed by atoms with Crippen LogP contribution in [0.1, 0.15) is 30.3 Å². The van der Waals surface area contributed by atoms with E-state index in [-0.39, 0.29) is 19.1 Å². The molecule has 2 aromatic rings. The van der Waals surface area contributed by atoms with Crippen molar-refractivity contribution in [3.05, 3.63) is 36.0 Å². The Kier molecular flexibility index (Phi) is 4.98. The monoisotopic (exact) mass is 316 g/mol. The molecule has 1 aliphatic carbocycles. The predicted octanol–water partition coefficient (Wildman–Crippen LogP) is 2.18. The molecule has 23 heavy (non-hydrogen) atoms. The summed E-state index contributed by atoms with van der Waals surface area (Å²) in [4.78, 5) is 12.4. The van der Waals surface area contributed by atoms with E-state index in [2.05, 4.69) is 5.32 Å². The van der Waals surface area contributed by atoms with Crippen LogP contribution < -0.4 is 5.32 Å². The number of aryl methyl sites for hydroxylation is 1. The van der Waals surface area contributed by atoms with Crippen LogP contribution in [0.2, 0.25) is 0 Å². The van der Waals surface area contributed by atoms with E-state index in [4.69, 9.17) is 4.74 Å². The number of aromatic nitrogens is 1. The zero-order valence-electron chi connectivity index (χ0n) is 13.5. The van der Waals surface area contributed by atoms with Crippen molar-refractivity contribution in [2.24, 2.45) is 5.92 Å². The van der Waals surface area contributed by atoms with E-state index in [1.165, 1.54) is 12.8 Å².